The molecule has 3 rings (SSSR count). The van der Waals surface area contributed by atoms with Crippen LogP contribution in [0.3, 0.4) is 0 Å². The van der Waals surface area contributed by atoms with Crippen LogP contribution in [-0.2, 0) is 16.1 Å². The Kier molecular flexibility index (Phi) is 6.12. The van der Waals surface area contributed by atoms with Crippen molar-refractivity contribution in [2.75, 3.05) is 31.2 Å². The molecule has 5 nitrogen and oxygen atoms in total. The lowest BCUT2D eigenvalue weighted by Gasteiger charge is -2.28. The molecule has 1 aliphatic rings. The van der Waals surface area contributed by atoms with E-state index in [0.717, 1.165) is 37.4 Å². The topological polar surface area (TPSA) is 50.8 Å². The van der Waals surface area contributed by atoms with Crippen LogP contribution in [0.1, 0.15) is 18.1 Å². The van der Waals surface area contributed by atoms with E-state index in [9.17, 15) is 4.79 Å². The summed E-state index contributed by atoms with van der Waals surface area (Å²) in [5.41, 5.74) is 3.42. The van der Waals surface area contributed by atoms with Gasteiger partial charge in [-0.05, 0) is 43.7 Å². The van der Waals surface area contributed by atoms with Crippen molar-refractivity contribution in [3.05, 3.63) is 59.7 Å². The normalized spacial score (nSPS) is 15.4. The van der Waals surface area contributed by atoms with Gasteiger partial charge in [0, 0.05) is 25.3 Å². The largest absolute Gasteiger partial charge is 0.481 e. The minimum Gasteiger partial charge on any atom is -0.481 e. The summed E-state index contributed by atoms with van der Waals surface area (Å²) in [5, 5.41) is 2.93. The maximum Gasteiger partial charge on any atom is 0.261 e. The molecule has 1 heterocycles. The fourth-order valence-corrected chi connectivity index (χ4v) is 2.85. The number of hydrogen-bond donors (Lipinski definition) is 1. The third-order valence-corrected chi connectivity index (χ3v) is 4.48. The number of morpholine rings is 1. The van der Waals surface area contributed by atoms with Gasteiger partial charge in [-0.2, -0.15) is 0 Å². The molecule has 0 aliphatic carbocycles. The summed E-state index contributed by atoms with van der Waals surface area (Å²) >= 11 is 0. The Morgan fingerprint density at radius 2 is 1.77 bits per heavy atom. The van der Waals surface area contributed by atoms with E-state index in [-0.39, 0.29) is 5.91 Å². The number of nitrogens with one attached hydrogen (secondary N) is 1. The van der Waals surface area contributed by atoms with Crippen LogP contribution in [0.2, 0.25) is 0 Å². The van der Waals surface area contributed by atoms with E-state index >= 15 is 0 Å². The molecule has 1 amide bonds. The molecule has 0 spiro atoms. The second-order valence-electron chi connectivity index (χ2n) is 6.56. The molecule has 0 bridgehead atoms. The van der Waals surface area contributed by atoms with Gasteiger partial charge in [0.05, 0.1) is 13.2 Å². The first-order valence-electron chi connectivity index (χ1n) is 9.04. The maximum atomic E-state index is 12.2. The molecule has 2 aromatic rings. The van der Waals surface area contributed by atoms with Crippen LogP contribution in [0, 0.1) is 6.92 Å². The van der Waals surface area contributed by atoms with Gasteiger partial charge in [0.15, 0.2) is 6.10 Å². The molecule has 26 heavy (non-hydrogen) atoms. The van der Waals surface area contributed by atoms with E-state index in [1.807, 2.05) is 31.2 Å². The van der Waals surface area contributed by atoms with E-state index in [2.05, 4.69) is 34.5 Å². The molecule has 1 aliphatic heterocycles. The number of carbonyl (C=O) groups is 1. The van der Waals surface area contributed by atoms with Gasteiger partial charge in [0.25, 0.3) is 5.91 Å². The van der Waals surface area contributed by atoms with E-state index < -0.39 is 6.10 Å². The highest BCUT2D eigenvalue weighted by Crippen LogP contribution is 2.17. The summed E-state index contributed by atoms with van der Waals surface area (Å²) in [5.74, 6) is 0.580. The summed E-state index contributed by atoms with van der Waals surface area (Å²) < 4.78 is 11.1. The van der Waals surface area contributed by atoms with Crippen molar-refractivity contribution in [1.29, 1.82) is 0 Å². The first kappa shape index (κ1) is 18.3. The molecular weight excluding hydrogens is 328 g/mol. The first-order valence-corrected chi connectivity index (χ1v) is 9.04. The molecule has 1 unspecified atom stereocenters. The Bertz CT molecular complexity index is 707. The van der Waals surface area contributed by atoms with Crippen LogP contribution in [0.25, 0.3) is 0 Å². The number of anilines is 1. The van der Waals surface area contributed by atoms with E-state index in [1.54, 1.807) is 6.92 Å². The van der Waals surface area contributed by atoms with Gasteiger partial charge in [-0.1, -0.05) is 29.8 Å². The van der Waals surface area contributed by atoms with Gasteiger partial charge in [0.2, 0.25) is 0 Å². The number of rotatable bonds is 6. The monoisotopic (exact) mass is 354 g/mol. The molecule has 1 fully saturated rings. The number of ether oxygens (including phenoxy) is 2. The highest BCUT2D eigenvalue weighted by atomic mass is 16.5. The lowest BCUT2D eigenvalue weighted by Crippen LogP contribution is -2.36. The molecule has 0 saturated carbocycles. The Morgan fingerprint density at radius 1 is 1.12 bits per heavy atom. The zero-order valence-electron chi connectivity index (χ0n) is 15.4. The Balaban J connectivity index is 1.48. The zero-order chi connectivity index (χ0) is 18.4. The number of hydrogen-bond acceptors (Lipinski definition) is 4. The van der Waals surface area contributed by atoms with E-state index in [4.69, 9.17) is 9.47 Å². The molecule has 1 atom stereocenters. The fourth-order valence-electron chi connectivity index (χ4n) is 2.85. The lowest BCUT2D eigenvalue weighted by atomic mass is 10.2. The second kappa shape index (κ2) is 8.72. The van der Waals surface area contributed by atoms with Crippen molar-refractivity contribution in [2.24, 2.45) is 0 Å². The first-order chi connectivity index (χ1) is 12.6. The van der Waals surface area contributed by atoms with Crippen LogP contribution in [0.4, 0.5) is 5.69 Å². The number of aryl methyl sites for hydroxylation is 1. The SMILES string of the molecule is Cc1ccc(OC(C)C(=O)NCc2ccc(N3CCOCC3)cc2)cc1. The zero-order valence-corrected chi connectivity index (χ0v) is 15.4. The summed E-state index contributed by atoms with van der Waals surface area (Å²) in [6.07, 6.45) is -0.537. The van der Waals surface area contributed by atoms with Gasteiger partial charge in [-0.3, -0.25) is 4.79 Å². The number of carbonyl (C=O) groups excluding carboxylic acids is 1. The third-order valence-electron chi connectivity index (χ3n) is 4.48. The Hall–Kier alpha value is -2.53. The fraction of sp³-hybridized carbons (Fsp3) is 0.381. The smallest absolute Gasteiger partial charge is 0.261 e. The van der Waals surface area contributed by atoms with Crippen molar-refractivity contribution >= 4 is 11.6 Å². The van der Waals surface area contributed by atoms with Crippen LogP contribution < -0.4 is 15.0 Å². The molecule has 1 N–H and O–H groups in total. The van der Waals surface area contributed by atoms with Gasteiger partial charge >= 0.3 is 0 Å². The predicted octanol–water partition coefficient (Wildman–Crippen LogP) is 2.92. The minimum atomic E-state index is -0.537. The van der Waals surface area contributed by atoms with Crippen LogP contribution in [0.5, 0.6) is 5.75 Å². The van der Waals surface area contributed by atoms with Crippen LogP contribution in [0.15, 0.2) is 48.5 Å². The molecule has 2 aromatic carbocycles. The highest BCUT2D eigenvalue weighted by Gasteiger charge is 2.15. The summed E-state index contributed by atoms with van der Waals surface area (Å²) in [6.45, 7) is 7.66. The Labute approximate surface area is 154 Å². The minimum absolute atomic E-state index is 0.122. The average molecular weight is 354 g/mol. The third kappa shape index (κ3) is 4.99. The molecule has 0 aromatic heterocycles. The van der Waals surface area contributed by atoms with Gasteiger partial charge in [0.1, 0.15) is 5.75 Å². The van der Waals surface area contributed by atoms with Crippen molar-refractivity contribution in [1.82, 2.24) is 5.32 Å². The lowest BCUT2D eigenvalue weighted by molar-refractivity contribution is -0.127. The quantitative estimate of drug-likeness (QED) is 0.867. The predicted molar refractivity (Wildman–Crippen MR) is 103 cm³/mol. The van der Waals surface area contributed by atoms with Crippen molar-refractivity contribution < 1.29 is 14.3 Å². The van der Waals surface area contributed by atoms with Crippen molar-refractivity contribution in [3.63, 3.8) is 0 Å². The van der Waals surface area contributed by atoms with Gasteiger partial charge in [-0.15, -0.1) is 0 Å². The summed E-state index contributed by atoms with van der Waals surface area (Å²) in [7, 11) is 0. The standard InChI is InChI=1S/C21H26N2O3/c1-16-3-9-20(10-4-16)26-17(2)21(24)22-15-18-5-7-19(8-6-18)23-11-13-25-14-12-23/h3-10,17H,11-15H2,1-2H3,(H,22,24). The molecule has 0 radical (unpaired) electrons. The van der Waals surface area contributed by atoms with Crippen molar-refractivity contribution in [2.45, 2.75) is 26.5 Å². The average Bonchev–Trinajstić information content (AvgIpc) is 2.69. The van der Waals surface area contributed by atoms with Crippen LogP contribution in [-0.4, -0.2) is 38.3 Å². The second-order valence-corrected chi connectivity index (χ2v) is 6.56. The highest BCUT2D eigenvalue weighted by molar-refractivity contribution is 5.80. The van der Waals surface area contributed by atoms with E-state index in [0.29, 0.717) is 12.3 Å². The van der Waals surface area contributed by atoms with Gasteiger partial charge < -0.3 is 19.7 Å². The maximum absolute atomic E-state index is 12.2. The summed E-state index contributed by atoms with van der Waals surface area (Å²) in [6, 6.07) is 16.0. The molecule has 5 heteroatoms. The number of amides is 1. The molecule has 138 valence electrons. The van der Waals surface area contributed by atoms with E-state index in [1.165, 1.54) is 5.69 Å². The Morgan fingerprint density at radius 3 is 2.42 bits per heavy atom. The molecular formula is C21H26N2O3. The number of benzene rings is 2. The van der Waals surface area contributed by atoms with Crippen molar-refractivity contribution in [3.8, 4) is 5.75 Å². The number of nitrogens with zero attached hydrogens (tertiary/aromatic N) is 1. The van der Waals surface area contributed by atoms with Crippen LogP contribution >= 0.6 is 0 Å². The summed E-state index contributed by atoms with van der Waals surface area (Å²) in [4.78, 5) is 14.6. The van der Waals surface area contributed by atoms with Gasteiger partial charge in [-0.25, -0.2) is 0 Å². The molecule has 1 saturated heterocycles.